The van der Waals surface area contributed by atoms with E-state index in [0.717, 1.165) is 48.7 Å². The van der Waals surface area contributed by atoms with Crippen molar-refractivity contribution in [2.75, 3.05) is 6.54 Å². The Kier molecular flexibility index (Phi) is 5.19. The summed E-state index contributed by atoms with van der Waals surface area (Å²) < 4.78 is 2.23. The third-order valence-electron chi connectivity index (χ3n) is 5.35. The van der Waals surface area contributed by atoms with Crippen molar-refractivity contribution in [1.29, 1.82) is 0 Å². The average molecular weight is 328 g/mol. The molecule has 1 atom stereocenters. The van der Waals surface area contributed by atoms with Gasteiger partial charge in [-0.3, -0.25) is 9.69 Å². The van der Waals surface area contributed by atoms with Gasteiger partial charge in [0.2, 0.25) is 0 Å². The van der Waals surface area contributed by atoms with E-state index in [2.05, 4.69) is 32.6 Å². The van der Waals surface area contributed by atoms with Crippen LogP contribution in [0.1, 0.15) is 48.3 Å². The number of piperidine rings is 1. The first kappa shape index (κ1) is 17.0. The van der Waals surface area contributed by atoms with Crippen LogP contribution in [0.5, 0.6) is 0 Å². The Labute approximate surface area is 143 Å². The van der Waals surface area contributed by atoms with Crippen LogP contribution in [-0.4, -0.2) is 32.0 Å². The molecule has 0 aliphatic carbocycles. The SMILES string of the molecule is Cc1c[nH]c(CN2CCCC[C@@H]2CCn2ccnc2C)c(C)c1=O. The molecule has 1 aliphatic heterocycles. The van der Waals surface area contributed by atoms with Gasteiger partial charge in [0.05, 0.1) is 0 Å². The molecule has 0 aromatic carbocycles. The first-order valence-electron chi connectivity index (χ1n) is 8.96. The summed E-state index contributed by atoms with van der Waals surface area (Å²) in [5.74, 6) is 1.08. The molecule has 0 bridgehead atoms. The number of pyridine rings is 1. The van der Waals surface area contributed by atoms with E-state index in [9.17, 15) is 4.79 Å². The van der Waals surface area contributed by atoms with E-state index < -0.39 is 0 Å². The van der Waals surface area contributed by atoms with Crippen molar-refractivity contribution in [3.63, 3.8) is 0 Å². The van der Waals surface area contributed by atoms with Gasteiger partial charge in [0, 0.05) is 54.5 Å². The lowest BCUT2D eigenvalue weighted by molar-refractivity contribution is 0.126. The number of aryl methyl sites for hydroxylation is 3. The van der Waals surface area contributed by atoms with Crippen molar-refractivity contribution in [2.45, 2.75) is 65.6 Å². The Bertz CT molecular complexity index is 746. The zero-order valence-electron chi connectivity index (χ0n) is 15.0. The molecule has 1 saturated heterocycles. The molecule has 24 heavy (non-hydrogen) atoms. The highest BCUT2D eigenvalue weighted by atomic mass is 16.1. The Morgan fingerprint density at radius 2 is 2.12 bits per heavy atom. The Balaban J connectivity index is 1.69. The lowest BCUT2D eigenvalue weighted by Crippen LogP contribution is -2.40. The van der Waals surface area contributed by atoms with Gasteiger partial charge in [-0.2, -0.15) is 0 Å². The molecule has 3 heterocycles. The number of H-pyrrole nitrogens is 1. The maximum absolute atomic E-state index is 12.2. The second-order valence-electron chi connectivity index (χ2n) is 6.98. The van der Waals surface area contributed by atoms with Crippen LogP contribution in [0.15, 0.2) is 23.4 Å². The number of aromatic amines is 1. The van der Waals surface area contributed by atoms with E-state index in [1.807, 2.05) is 26.2 Å². The molecule has 0 amide bonds. The van der Waals surface area contributed by atoms with Crippen LogP contribution in [0.4, 0.5) is 0 Å². The third kappa shape index (κ3) is 3.61. The molecule has 130 valence electrons. The third-order valence-corrected chi connectivity index (χ3v) is 5.35. The van der Waals surface area contributed by atoms with Crippen LogP contribution in [0.3, 0.4) is 0 Å². The molecule has 1 fully saturated rings. The van der Waals surface area contributed by atoms with E-state index in [0.29, 0.717) is 6.04 Å². The van der Waals surface area contributed by atoms with Crippen molar-refractivity contribution >= 4 is 0 Å². The highest BCUT2D eigenvalue weighted by molar-refractivity contribution is 5.23. The van der Waals surface area contributed by atoms with Crippen molar-refractivity contribution in [3.8, 4) is 0 Å². The van der Waals surface area contributed by atoms with Crippen LogP contribution in [0.2, 0.25) is 0 Å². The summed E-state index contributed by atoms with van der Waals surface area (Å²) in [6.07, 6.45) is 10.7. The number of nitrogens with zero attached hydrogens (tertiary/aromatic N) is 3. The van der Waals surface area contributed by atoms with Crippen molar-refractivity contribution in [1.82, 2.24) is 19.4 Å². The largest absolute Gasteiger partial charge is 0.363 e. The number of nitrogens with one attached hydrogen (secondary N) is 1. The van der Waals surface area contributed by atoms with Gasteiger partial charge in [-0.15, -0.1) is 0 Å². The fourth-order valence-electron chi connectivity index (χ4n) is 3.69. The summed E-state index contributed by atoms with van der Waals surface area (Å²) in [6.45, 7) is 8.83. The number of hydrogen-bond acceptors (Lipinski definition) is 3. The molecule has 3 rings (SSSR count). The van der Waals surface area contributed by atoms with Gasteiger partial charge in [-0.25, -0.2) is 4.98 Å². The van der Waals surface area contributed by atoms with Gasteiger partial charge in [0.25, 0.3) is 0 Å². The van der Waals surface area contributed by atoms with Crippen molar-refractivity contribution in [2.24, 2.45) is 0 Å². The fraction of sp³-hybridized carbons (Fsp3) is 0.579. The number of aromatic nitrogens is 3. The standard InChI is InChI=1S/C19H28N4O/c1-14-12-21-18(15(2)19(14)24)13-23-9-5-4-6-17(23)7-10-22-11-8-20-16(22)3/h8,11-12,17H,4-7,9-10,13H2,1-3H3,(H,21,24)/t17-/m1/s1. The van der Waals surface area contributed by atoms with E-state index >= 15 is 0 Å². The molecule has 5 nitrogen and oxygen atoms in total. The van der Waals surface area contributed by atoms with E-state index in [4.69, 9.17) is 0 Å². The van der Waals surface area contributed by atoms with Gasteiger partial charge in [-0.1, -0.05) is 6.42 Å². The molecule has 0 spiro atoms. The van der Waals surface area contributed by atoms with E-state index in [-0.39, 0.29) is 5.43 Å². The second-order valence-corrected chi connectivity index (χ2v) is 6.98. The predicted molar refractivity (Wildman–Crippen MR) is 96.2 cm³/mol. The van der Waals surface area contributed by atoms with Crippen LogP contribution in [0, 0.1) is 20.8 Å². The maximum atomic E-state index is 12.2. The zero-order valence-corrected chi connectivity index (χ0v) is 15.0. The summed E-state index contributed by atoms with van der Waals surface area (Å²) in [5, 5.41) is 0. The Morgan fingerprint density at radius 1 is 1.29 bits per heavy atom. The second kappa shape index (κ2) is 7.34. The summed E-state index contributed by atoms with van der Waals surface area (Å²) in [6, 6.07) is 0.574. The van der Waals surface area contributed by atoms with Gasteiger partial charge in [0.1, 0.15) is 5.82 Å². The first-order valence-corrected chi connectivity index (χ1v) is 8.96. The number of rotatable bonds is 5. The molecular formula is C19H28N4O. The number of imidazole rings is 1. The molecule has 2 aromatic rings. The van der Waals surface area contributed by atoms with E-state index in [1.54, 1.807) is 0 Å². The first-order chi connectivity index (χ1) is 11.6. The number of hydrogen-bond donors (Lipinski definition) is 1. The Hall–Kier alpha value is -1.88. The van der Waals surface area contributed by atoms with Crippen molar-refractivity contribution < 1.29 is 0 Å². The number of likely N-dealkylation sites (tertiary alicyclic amines) is 1. The zero-order chi connectivity index (χ0) is 17.1. The highest BCUT2D eigenvalue weighted by Gasteiger charge is 2.23. The molecule has 1 N–H and O–H groups in total. The smallest absolute Gasteiger partial charge is 0.187 e. The molecule has 0 unspecified atom stereocenters. The molecule has 0 radical (unpaired) electrons. The molecular weight excluding hydrogens is 300 g/mol. The van der Waals surface area contributed by atoms with Crippen molar-refractivity contribution in [3.05, 3.63) is 51.5 Å². The average Bonchev–Trinajstić information content (AvgIpc) is 2.99. The van der Waals surface area contributed by atoms with Crippen LogP contribution < -0.4 is 5.43 Å². The van der Waals surface area contributed by atoms with Gasteiger partial charge < -0.3 is 9.55 Å². The summed E-state index contributed by atoms with van der Waals surface area (Å²) in [5.41, 5.74) is 2.90. The van der Waals surface area contributed by atoms with Gasteiger partial charge in [0.15, 0.2) is 5.43 Å². The Morgan fingerprint density at radius 3 is 2.88 bits per heavy atom. The monoisotopic (exact) mass is 328 g/mol. The minimum absolute atomic E-state index is 0.173. The van der Waals surface area contributed by atoms with Crippen LogP contribution in [-0.2, 0) is 13.1 Å². The fourth-order valence-corrected chi connectivity index (χ4v) is 3.69. The predicted octanol–water partition coefficient (Wildman–Crippen LogP) is 2.94. The molecule has 2 aromatic heterocycles. The minimum atomic E-state index is 0.173. The topological polar surface area (TPSA) is 53.9 Å². The van der Waals surface area contributed by atoms with Gasteiger partial charge >= 0.3 is 0 Å². The normalized spacial score (nSPS) is 18.9. The molecule has 0 saturated carbocycles. The minimum Gasteiger partial charge on any atom is -0.363 e. The molecule has 1 aliphatic rings. The van der Waals surface area contributed by atoms with E-state index in [1.165, 1.54) is 19.3 Å². The highest BCUT2D eigenvalue weighted by Crippen LogP contribution is 2.22. The van der Waals surface area contributed by atoms with Gasteiger partial charge in [-0.05, 0) is 46.6 Å². The quantitative estimate of drug-likeness (QED) is 0.918. The summed E-state index contributed by atoms with van der Waals surface area (Å²) in [7, 11) is 0. The summed E-state index contributed by atoms with van der Waals surface area (Å²) >= 11 is 0. The maximum Gasteiger partial charge on any atom is 0.187 e. The van der Waals surface area contributed by atoms with Crippen LogP contribution >= 0.6 is 0 Å². The lowest BCUT2D eigenvalue weighted by Gasteiger charge is -2.36. The van der Waals surface area contributed by atoms with Crippen LogP contribution in [0.25, 0.3) is 0 Å². The summed E-state index contributed by atoms with van der Waals surface area (Å²) in [4.78, 5) is 22.4. The lowest BCUT2D eigenvalue weighted by atomic mass is 9.98. The molecule has 5 heteroatoms.